The van der Waals surface area contributed by atoms with Gasteiger partial charge in [-0.15, -0.1) is 0 Å². The lowest BCUT2D eigenvalue weighted by Crippen LogP contribution is -2.39. The average Bonchev–Trinajstić information content (AvgIpc) is 2.61. The van der Waals surface area contributed by atoms with Crippen LogP contribution < -0.4 is 5.32 Å². The summed E-state index contributed by atoms with van der Waals surface area (Å²) in [6.07, 6.45) is 8.78. The van der Waals surface area contributed by atoms with Crippen molar-refractivity contribution < 1.29 is 8.42 Å². The van der Waals surface area contributed by atoms with E-state index in [2.05, 4.69) is 15.3 Å². The summed E-state index contributed by atoms with van der Waals surface area (Å²) in [6.45, 7) is 1.30. The Morgan fingerprint density at radius 1 is 1.20 bits per heavy atom. The van der Waals surface area contributed by atoms with Gasteiger partial charge in [-0.3, -0.25) is 0 Å². The zero-order valence-corrected chi connectivity index (χ0v) is 15.2. The Morgan fingerprint density at radius 3 is 2.80 bits per heavy atom. The topological polar surface area (TPSA) is 75.2 Å². The second-order valence-electron chi connectivity index (χ2n) is 6.56. The second kappa shape index (κ2) is 7.93. The third-order valence-electron chi connectivity index (χ3n) is 4.54. The maximum absolute atomic E-state index is 11.7. The number of sulfonamides is 1. The smallest absolute Gasteiger partial charge is 0.211 e. The first-order chi connectivity index (χ1) is 12.0. The van der Waals surface area contributed by atoms with Gasteiger partial charge in [0.2, 0.25) is 10.0 Å². The second-order valence-corrected chi connectivity index (χ2v) is 8.54. The molecule has 25 heavy (non-hydrogen) atoms. The standard InChI is InChI=1S/C18H24N4O2S/c1-25(23,24)22-12-4-5-16(14-22)8-7-15-9-11-20-18(13-15)21-17-6-2-3-10-19-17/h2-3,6,9-11,13,16H,4-5,7-8,12,14H2,1H3,(H,19,20,21). The van der Waals surface area contributed by atoms with E-state index in [0.29, 0.717) is 19.0 Å². The summed E-state index contributed by atoms with van der Waals surface area (Å²) in [5.41, 5.74) is 1.20. The normalized spacial score (nSPS) is 18.8. The molecule has 0 amide bonds. The maximum atomic E-state index is 11.7. The predicted octanol–water partition coefficient (Wildman–Crippen LogP) is 2.82. The van der Waals surface area contributed by atoms with Crippen molar-refractivity contribution in [3.05, 3.63) is 48.3 Å². The average molecular weight is 360 g/mol. The van der Waals surface area contributed by atoms with Gasteiger partial charge < -0.3 is 5.32 Å². The predicted molar refractivity (Wildman–Crippen MR) is 99.2 cm³/mol. The third-order valence-corrected chi connectivity index (χ3v) is 5.81. The van der Waals surface area contributed by atoms with Crippen molar-refractivity contribution in [2.45, 2.75) is 25.7 Å². The molecule has 1 fully saturated rings. The van der Waals surface area contributed by atoms with Crippen LogP contribution in [0.25, 0.3) is 0 Å². The van der Waals surface area contributed by atoms with Crippen molar-refractivity contribution in [3.8, 4) is 0 Å². The molecule has 1 aliphatic rings. The molecular weight excluding hydrogens is 336 g/mol. The van der Waals surface area contributed by atoms with Crippen LogP contribution in [0.15, 0.2) is 42.7 Å². The fourth-order valence-electron chi connectivity index (χ4n) is 3.20. The number of hydrogen-bond donors (Lipinski definition) is 1. The van der Waals surface area contributed by atoms with Gasteiger partial charge in [-0.1, -0.05) is 6.07 Å². The van der Waals surface area contributed by atoms with Gasteiger partial charge in [0.05, 0.1) is 6.26 Å². The van der Waals surface area contributed by atoms with Crippen LogP contribution in [0.4, 0.5) is 11.6 Å². The molecule has 2 aromatic rings. The molecule has 0 spiro atoms. The summed E-state index contributed by atoms with van der Waals surface area (Å²) in [6, 6.07) is 9.75. The fraction of sp³-hybridized carbons (Fsp3) is 0.444. The minimum atomic E-state index is -3.08. The summed E-state index contributed by atoms with van der Waals surface area (Å²) < 4.78 is 25.1. The number of pyridine rings is 2. The number of aryl methyl sites for hydroxylation is 1. The number of aromatic nitrogens is 2. The molecule has 1 saturated heterocycles. The van der Waals surface area contributed by atoms with Crippen LogP contribution in [0.1, 0.15) is 24.8 Å². The molecule has 0 radical (unpaired) electrons. The first-order valence-electron chi connectivity index (χ1n) is 8.59. The third kappa shape index (κ3) is 5.24. The highest BCUT2D eigenvalue weighted by Gasteiger charge is 2.25. The van der Waals surface area contributed by atoms with E-state index in [1.165, 1.54) is 11.8 Å². The SMILES string of the molecule is CS(=O)(=O)N1CCCC(CCc2ccnc(Nc3ccccn3)c2)C1. The molecule has 1 unspecified atom stereocenters. The van der Waals surface area contributed by atoms with E-state index in [1.54, 1.807) is 16.7 Å². The molecule has 0 aliphatic carbocycles. The van der Waals surface area contributed by atoms with E-state index in [1.807, 2.05) is 30.3 Å². The van der Waals surface area contributed by atoms with E-state index in [-0.39, 0.29) is 0 Å². The molecule has 3 rings (SSSR count). The lowest BCUT2D eigenvalue weighted by atomic mass is 9.93. The van der Waals surface area contributed by atoms with Crippen LogP contribution in [0.5, 0.6) is 0 Å². The van der Waals surface area contributed by atoms with Gasteiger partial charge in [0.15, 0.2) is 0 Å². The van der Waals surface area contributed by atoms with Crippen LogP contribution in [-0.2, 0) is 16.4 Å². The van der Waals surface area contributed by atoms with Crippen molar-refractivity contribution in [3.63, 3.8) is 0 Å². The molecule has 1 N–H and O–H groups in total. The van der Waals surface area contributed by atoms with Crippen molar-refractivity contribution in [1.82, 2.24) is 14.3 Å². The monoisotopic (exact) mass is 360 g/mol. The van der Waals surface area contributed by atoms with Crippen molar-refractivity contribution >= 4 is 21.7 Å². The molecular formula is C18H24N4O2S. The Bertz CT molecular complexity index is 796. The molecule has 6 nitrogen and oxygen atoms in total. The van der Waals surface area contributed by atoms with Crippen LogP contribution >= 0.6 is 0 Å². The Labute approximate surface area is 149 Å². The summed E-state index contributed by atoms with van der Waals surface area (Å²) in [4.78, 5) is 8.58. The lowest BCUT2D eigenvalue weighted by Gasteiger charge is -2.31. The van der Waals surface area contributed by atoms with Gasteiger partial charge >= 0.3 is 0 Å². The molecule has 1 aliphatic heterocycles. The van der Waals surface area contributed by atoms with Crippen LogP contribution in [0.3, 0.4) is 0 Å². The highest BCUT2D eigenvalue weighted by Crippen LogP contribution is 2.23. The van der Waals surface area contributed by atoms with Gasteiger partial charge in [0.25, 0.3) is 0 Å². The van der Waals surface area contributed by atoms with Gasteiger partial charge in [0, 0.05) is 25.5 Å². The van der Waals surface area contributed by atoms with E-state index < -0.39 is 10.0 Å². The van der Waals surface area contributed by atoms with E-state index in [0.717, 1.165) is 37.3 Å². The van der Waals surface area contributed by atoms with Crippen molar-refractivity contribution in [2.75, 3.05) is 24.7 Å². The molecule has 0 aromatic carbocycles. The number of rotatable bonds is 6. The lowest BCUT2D eigenvalue weighted by molar-refractivity contribution is 0.257. The molecule has 0 bridgehead atoms. The number of nitrogens with zero attached hydrogens (tertiary/aromatic N) is 3. The van der Waals surface area contributed by atoms with Crippen LogP contribution in [-0.4, -0.2) is 42.0 Å². The minimum absolute atomic E-state index is 0.420. The fourth-order valence-corrected chi connectivity index (χ4v) is 4.14. The van der Waals surface area contributed by atoms with E-state index >= 15 is 0 Å². The van der Waals surface area contributed by atoms with Gasteiger partial charge in [-0.05, 0) is 61.4 Å². The zero-order chi connectivity index (χ0) is 17.7. The molecule has 1 atom stereocenters. The Hall–Kier alpha value is -1.99. The highest BCUT2D eigenvalue weighted by molar-refractivity contribution is 7.88. The van der Waals surface area contributed by atoms with Crippen LogP contribution in [0, 0.1) is 5.92 Å². The molecule has 7 heteroatoms. The van der Waals surface area contributed by atoms with Gasteiger partial charge in [-0.2, -0.15) is 0 Å². The first-order valence-corrected chi connectivity index (χ1v) is 10.4. The van der Waals surface area contributed by atoms with Gasteiger partial charge in [0.1, 0.15) is 11.6 Å². The number of hydrogen-bond acceptors (Lipinski definition) is 5. The quantitative estimate of drug-likeness (QED) is 0.857. The molecule has 134 valence electrons. The maximum Gasteiger partial charge on any atom is 0.211 e. The van der Waals surface area contributed by atoms with E-state index in [4.69, 9.17) is 0 Å². The Morgan fingerprint density at radius 2 is 2.04 bits per heavy atom. The van der Waals surface area contributed by atoms with Crippen LogP contribution in [0.2, 0.25) is 0 Å². The number of anilines is 2. The summed E-state index contributed by atoms with van der Waals surface area (Å²) >= 11 is 0. The van der Waals surface area contributed by atoms with E-state index in [9.17, 15) is 8.42 Å². The van der Waals surface area contributed by atoms with Gasteiger partial charge in [-0.25, -0.2) is 22.7 Å². The molecule has 2 aromatic heterocycles. The van der Waals surface area contributed by atoms with Crippen molar-refractivity contribution in [1.29, 1.82) is 0 Å². The number of piperidine rings is 1. The molecule has 0 saturated carbocycles. The summed E-state index contributed by atoms with van der Waals surface area (Å²) in [5.74, 6) is 1.96. The first kappa shape index (κ1) is 17.8. The zero-order valence-electron chi connectivity index (χ0n) is 14.4. The Balaban J connectivity index is 1.57. The summed E-state index contributed by atoms with van der Waals surface area (Å²) in [7, 11) is -3.08. The highest BCUT2D eigenvalue weighted by atomic mass is 32.2. The minimum Gasteiger partial charge on any atom is -0.325 e. The Kier molecular flexibility index (Phi) is 5.65. The molecule has 3 heterocycles. The van der Waals surface area contributed by atoms with Crippen molar-refractivity contribution in [2.24, 2.45) is 5.92 Å². The largest absolute Gasteiger partial charge is 0.325 e. The summed E-state index contributed by atoms with van der Waals surface area (Å²) in [5, 5.41) is 3.20. The number of nitrogens with one attached hydrogen (secondary N) is 1.